The number of halogens is 1. The van der Waals surface area contributed by atoms with Crippen molar-refractivity contribution in [2.45, 2.75) is 20.3 Å². The van der Waals surface area contributed by atoms with Crippen LogP contribution in [0.5, 0.6) is 11.5 Å². The zero-order chi connectivity index (χ0) is 20.7. The smallest absolute Gasteiger partial charge is 0.307 e. The van der Waals surface area contributed by atoms with Gasteiger partial charge in [-0.25, -0.2) is 5.43 Å². The Hall–Kier alpha value is -3.06. The van der Waals surface area contributed by atoms with Crippen molar-refractivity contribution < 1.29 is 24.2 Å². The van der Waals surface area contributed by atoms with Crippen LogP contribution < -0.4 is 14.9 Å². The SMILES string of the molecule is COc1ccc(/C(C)=N\NC(=O)COc2ccc(Cl)cc2C)cc1CC(=O)O. The number of hydrogen-bond acceptors (Lipinski definition) is 5. The van der Waals surface area contributed by atoms with Gasteiger partial charge in [-0.1, -0.05) is 11.6 Å². The van der Waals surface area contributed by atoms with Gasteiger partial charge in [0.15, 0.2) is 6.61 Å². The first kappa shape index (κ1) is 21.2. The zero-order valence-corrected chi connectivity index (χ0v) is 16.5. The number of carboxylic acids is 1. The standard InChI is InChI=1S/C20H21ClN2O5/c1-12-8-16(21)5-7-17(12)28-11-19(24)23-22-13(2)14-4-6-18(27-3)15(9-14)10-20(25)26/h4-9H,10-11H2,1-3H3,(H,23,24)(H,25,26)/b22-13-. The fourth-order valence-electron chi connectivity index (χ4n) is 2.47. The third-order valence-electron chi connectivity index (χ3n) is 3.88. The van der Waals surface area contributed by atoms with Crippen molar-refractivity contribution in [3.05, 3.63) is 58.1 Å². The van der Waals surface area contributed by atoms with E-state index in [1.165, 1.54) is 7.11 Å². The molecule has 0 saturated heterocycles. The van der Waals surface area contributed by atoms with Crippen molar-refractivity contribution >= 4 is 29.2 Å². The Kier molecular flexibility index (Phi) is 7.40. The molecular weight excluding hydrogens is 384 g/mol. The summed E-state index contributed by atoms with van der Waals surface area (Å²) in [5, 5.41) is 13.7. The summed E-state index contributed by atoms with van der Waals surface area (Å²) in [6.07, 6.45) is -0.176. The Morgan fingerprint density at radius 2 is 1.89 bits per heavy atom. The van der Waals surface area contributed by atoms with Gasteiger partial charge in [0.05, 0.1) is 19.2 Å². The predicted octanol–water partition coefficient (Wildman–Crippen LogP) is 3.20. The van der Waals surface area contributed by atoms with Crippen molar-refractivity contribution in [2.24, 2.45) is 5.10 Å². The number of carboxylic acid groups (broad SMARTS) is 1. The number of ether oxygens (including phenoxy) is 2. The summed E-state index contributed by atoms with van der Waals surface area (Å²) < 4.78 is 10.6. The fraction of sp³-hybridized carbons (Fsp3) is 0.250. The number of nitrogens with one attached hydrogen (secondary N) is 1. The Balaban J connectivity index is 2.01. The van der Waals surface area contributed by atoms with E-state index in [2.05, 4.69) is 10.5 Å². The van der Waals surface area contributed by atoms with Gasteiger partial charge in [-0.2, -0.15) is 5.10 Å². The van der Waals surface area contributed by atoms with E-state index in [1.807, 2.05) is 6.92 Å². The first-order valence-electron chi connectivity index (χ1n) is 8.41. The molecule has 2 rings (SSSR count). The Morgan fingerprint density at radius 1 is 1.18 bits per heavy atom. The van der Waals surface area contributed by atoms with Crippen LogP contribution in [0.1, 0.15) is 23.6 Å². The average molecular weight is 405 g/mol. The lowest BCUT2D eigenvalue weighted by Gasteiger charge is -2.10. The van der Waals surface area contributed by atoms with Crippen LogP contribution in [0.15, 0.2) is 41.5 Å². The van der Waals surface area contributed by atoms with Crippen molar-refractivity contribution in [2.75, 3.05) is 13.7 Å². The first-order chi connectivity index (χ1) is 13.3. The second-order valence-electron chi connectivity index (χ2n) is 6.03. The molecule has 0 radical (unpaired) electrons. The van der Waals surface area contributed by atoms with Crippen LogP contribution in [0, 0.1) is 6.92 Å². The molecule has 0 spiro atoms. The maximum absolute atomic E-state index is 12.0. The van der Waals surface area contributed by atoms with E-state index in [0.717, 1.165) is 5.56 Å². The van der Waals surface area contributed by atoms with E-state index in [4.69, 9.17) is 26.2 Å². The predicted molar refractivity (Wildman–Crippen MR) is 106 cm³/mol. The minimum Gasteiger partial charge on any atom is -0.496 e. The highest BCUT2D eigenvalue weighted by molar-refractivity contribution is 6.30. The van der Waals surface area contributed by atoms with Gasteiger partial charge in [0.1, 0.15) is 11.5 Å². The van der Waals surface area contributed by atoms with Gasteiger partial charge in [0.25, 0.3) is 5.91 Å². The quantitative estimate of drug-likeness (QED) is 0.520. The van der Waals surface area contributed by atoms with E-state index >= 15 is 0 Å². The summed E-state index contributed by atoms with van der Waals surface area (Å²) in [7, 11) is 1.48. The molecule has 0 aliphatic heterocycles. The van der Waals surface area contributed by atoms with Gasteiger partial charge in [0.2, 0.25) is 0 Å². The molecule has 1 amide bonds. The maximum atomic E-state index is 12.0. The first-order valence-corrected chi connectivity index (χ1v) is 8.79. The molecule has 0 aromatic heterocycles. The minimum atomic E-state index is -0.965. The summed E-state index contributed by atoms with van der Waals surface area (Å²) in [5.41, 5.74) is 4.96. The van der Waals surface area contributed by atoms with Crippen LogP contribution in [0.2, 0.25) is 5.02 Å². The number of rotatable bonds is 8. The third kappa shape index (κ3) is 5.99. The lowest BCUT2D eigenvalue weighted by molar-refractivity contribution is -0.136. The number of hydrogen-bond donors (Lipinski definition) is 2. The lowest BCUT2D eigenvalue weighted by Crippen LogP contribution is -2.25. The summed E-state index contributed by atoms with van der Waals surface area (Å²) in [6, 6.07) is 10.2. The summed E-state index contributed by atoms with van der Waals surface area (Å²) in [4.78, 5) is 23.0. The zero-order valence-electron chi connectivity index (χ0n) is 15.8. The number of hydrazone groups is 1. The number of amides is 1. The number of benzene rings is 2. The van der Waals surface area contributed by atoms with E-state index < -0.39 is 11.9 Å². The van der Waals surface area contributed by atoms with Crippen LogP contribution in [0.3, 0.4) is 0 Å². The van der Waals surface area contributed by atoms with E-state index in [0.29, 0.717) is 33.4 Å². The lowest BCUT2D eigenvalue weighted by atomic mass is 10.0. The second-order valence-corrected chi connectivity index (χ2v) is 6.46. The molecule has 28 heavy (non-hydrogen) atoms. The van der Waals surface area contributed by atoms with Gasteiger partial charge >= 0.3 is 5.97 Å². The van der Waals surface area contributed by atoms with Gasteiger partial charge in [-0.15, -0.1) is 0 Å². The number of methoxy groups -OCH3 is 1. The molecule has 0 unspecified atom stereocenters. The van der Waals surface area contributed by atoms with Gasteiger partial charge < -0.3 is 14.6 Å². The highest BCUT2D eigenvalue weighted by Crippen LogP contribution is 2.22. The van der Waals surface area contributed by atoms with Gasteiger partial charge in [-0.3, -0.25) is 9.59 Å². The molecule has 2 aromatic carbocycles. The normalized spacial score (nSPS) is 11.1. The maximum Gasteiger partial charge on any atom is 0.307 e. The molecule has 0 fully saturated rings. The number of nitrogens with zero attached hydrogens (tertiary/aromatic N) is 1. The van der Waals surface area contributed by atoms with Crippen LogP contribution in [-0.2, 0) is 16.0 Å². The molecule has 0 atom stereocenters. The van der Waals surface area contributed by atoms with Crippen molar-refractivity contribution in [3.8, 4) is 11.5 Å². The van der Waals surface area contributed by atoms with Crippen LogP contribution in [-0.4, -0.2) is 36.4 Å². The van der Waals surface area contributed by atoms with Crippen LogP contribution in [0.25, 0.3) is 0 Å². The largest absolute Gasteiger partial charge is 0.496 e. The second kappa shape index (κ2) is 9.75. The van der Waals surface area contributed by atoms with Gasteiger partial charge in [0, 0.05) is 10.6 Å². The molecule has 0 aliphatic rings. The fourth-order valence-corrected chi connectivity index (χ4v) is 2.69. The molecule has 0 saturated carbocycles. The highest BCUT2D eigenvalue weighted by Gasteiger charge is 2.11. The molecule has 2 N–H and O–H groups in total. The van der Waals surface area contributed by atoms with E-state index in [-0.39, 0.29) is 13.0 Å². The molecular formula is C20H21ClN2O5. The van der Waals surface area contributed by atoms with E-state index in [9.17, 15) is 9.59 Å². The summed E-state index contributed by atoms with van der Waals surface area (Å²) in [6.45, 7) is 3.34. The van der Waals surface area contributed by atoms with Crippen molar-refractivity contribution in [1.82, 2.24) is 5.43 Å². The molecule has 0 bridgehead atoms. The van der Waals surface area contributed by atoms with E-state index in [1.54, 1.807) is 43.3 Å². The average Bonchev–Trinajstić information content (AvgIpc) is 2.64. The molecule has 148 valence electrons. The Labute approximate surface area is 167 Å². The Morgan fingerprint density at radius 3 is 2.54 bits per heavy atom. The van der Waals surface area contributed by atoms with Crippen LogP contribution in [0.4, 0.5) is 0 Å². The Bertz CT molecular complexity index is 911. The topological polar surface area (TPSA) is 97.2 Å². The summed E-state index contributed by atoms with van der Waals surface area (Å²) in [5.74, 6) is -0.343. The highest BCUT2D eigenvalue weighted by atomic mass is 35.5. The monoisotopic (exact) mass is 404 g/mol. The van der Waals surface area contributed by atoms with Crippen molar-refractivity contribution in [1.29, 1.82) is 0 Å². The van der Waals surface area contributed by atoms with Gasteiger partial charge in [-0.05, 0) is 61.4 Å². The number of aryl methyl sites for hydroxylation is 1. The molecule has 0 heterocycles. The number of carbonyl (C=O) groups is 2. The third-order valence-corrected chi connectivity index (χ3v) is 4.12. The summed E-state index contributed by atoms with van der Waals surface area (Å²) >= 11 is 5.89. The van der Waals surface area contributed by atoms with Crippen molar-refractivity contribution in [3.63, 3.8) is 0 Å². The number of carbonyl (C=O) groups excluding carboxylic acids is 1. The minimum absolute atomic E-state index is 0.176. The molecule has 7 nitrogen and oxygen atoms in total. The molecule has 8 heteroatoms. The number of aliphatic carboxylic acids is 1. The molecule has 2 aromatic rings. The van der Waals surface area contributed by atoms with Crippen LogP contribution >= 0.6 is 11.6 Å². The molecule has 0 aliphatic carbocycles.